The van der Waals surface area contributed by atoms with Gasteiger partial charge < -0.3 is 9.47 Å². The smallest absolute Gasteiger partial charge is 0.170 e. The van der Waals surface area contributed by atoms with Crippen LogP contribution in [0.5, 0.6) is 11.5 Å². The molecular weight excluding hydrogens is 204 g/mol. The molecule has 3 nitrogen and oxygen atoms in total. The molecule has 3 heteroatoms. The molecule has 1 aromatic carbocycles. The van der Waals surface area contributed by atoms with Crippen molar-refractivity contribution in [3.05, 3.63) is 23.8 Å². The third kappa shape index (κ3) is 2.03. The molecule has 1 aromatic rings. The summed E-state index contributed by atoms with van der Waals surface area (Å²) < 4.78 is 11.1. The van der Waals surface area contributed by atoms with Crippen molar-refractivity contribution in [2.24, 2.45) is 0 Å². The Hall–Kier alpha value is -1.51. The molecule has 0 aromatic heterocycles. The van der Waals surface area contributed by atoms with Gasteiger partial charge in [-0.25, -0.2) is 0 Å². The van der Waals surface area contributed by atoms with Gasteiger partial charge in [0.2, 0.25) is 0 Å². The predicted octanol–water partition coefficient (Wildman–Crippen LogP) is 2.83. The quantitative estimate of drug-likeness (QED) is 0.768. The summed E-state index contributed by atoms with van der Waals surface area (Å²) in [5.41, 5.74) is 0.224. The van der Waals surface area contributed by atoms with Crippen LogP contribution in [0.2, 0.25) is 0 Å². The van der Waals surface area contributed by atoms with Crippen LogP contribution in [0.4, 0.5) is 0 Å². The van der Waals surface area contributed by atoms with E-state index < -0.39 is 5.60 Å². The van der Waals surface area contributed by atoms with Crippen molar-refractivity contribution in [2.75, 3.05) is 6.61 Å². The topological polar surface area (TPSA) is 35.5 Å². The zero-order chi connectivity index (χ0) is 11.8. The summed E-state index contributed by atoms with van der Waals surface area (Å²) in [4.78, 5) is 11.9. The van der Waals surface area contributed by atoms with Crippen LogP contribution in [0.1, 0.15) is 37.6 Å². The highest BCUT2D eigenvalue weighted by molar-refractivity contribution is 6.00. The number of carbonyl (C=O) groups excluding carboxylic acids is 1. The number of hydrogen-bond donors (Lipinski definition) is 0. The first-order chi connectivity index (χ1) is 7.52. The van der Waals surface area contributed by atoms with Crippen LogP contribution in [0.15, 0.2) is 18.2 Å². The van der Waals surface area contributed by atoms with E-state index in [-0.39, 0.29) is 5.78 Å². The van der Waals surface area contributed by atoms with E-state index in [0.29, 0.717) is 24.3 Å². The van der Waals surface area contributed by atoms with Gasteiger partial charge in [-0.3, -0.25) is 4.79 Å². The Labute approximate surface area is 95.4 Å². The molecular formula is C13H16O3. The lowest BCUT2D eigenvalue weighted by atomic mass is 9.93. The summed E-state index contributed by atoms with van der Waals surface area (Å²) in [6.45, 7) is 6.36. The fraction of sp³-hybridized carbons (Fsp3) is 0.462. The van der Waals surface area contributed by atoms with E-state index in [1.54, 1.807) is 12.1 Å². The maximum Gasteiger partial charge on any atom is 0.170 e. The number of rotatable bonds is 2. The van der Waals surface area contributed by atoms with Gasteiger partial charge in [-0.15, -0.1) is 0 Å². The summed E-state index contributed by atoms with van der Waals surface area (Å²) >= 11 is 0. The molecule has 0 saturated carbocycles. The molecule has 1 aliphatic rings. The van der Waals surface area contributed by atoms with Crippen molar-refractivity contribution in [3.8, 4) is 11.5 Å². The maximum absolute atomic E-state index is 11.9. The first kappa shape index (κ1) is 11.0. The Morgan fingerprint density at radius 2 is 2.19 bits per heavy atom. The number of Topliss-reactive ketones (excluding diaryl/α,β-unsaturated/α-hetero) is 1. The molecule has 1 aliphatic heterocycles. The summed E-state index contributed by atoms with van der Waals surface area (Å²) in [6.07, 6.45) is 0.412. The molecule has 16 heavy (non-hydrogen) atoms. The van der Waals surface area contributed by atoms with Crippen molar-refractivity contribution in [3.63, 3.8) is 0 Å². The monoisotopic (exact) mass is 220 g/mol. The van der Waals surface area contributed by atoms with Crippen molar-refractivity contribution in [1.82, 2.24) is 0 Å². The van der Waals surface area contributed by atoms with Crippen molar-refractivity contribution < 1.29 is 14.3 Å². The summed E-state index contributed by atoms with van der Waals surface area (Å²) in [5.74, 6) is 1.50. The first-order valence-corrected chi connectivity index (χ1v) is 5.51. The Bertz CT molecular complexity index is 421. The third-order valence-corrected chi connectivity index (χ3v) is 2.53. The molecule has 0 N–H and O–H groups in total. The Morgan fingerprint density at radius 3 is 2.88 bits per heavy atom. The van der Waals surface area contributed by atoms with Gasteiger partial charge >= 0.3 is 0 Å². The number of ketones is 1. The molecule has 0 fully saturated rings. The lowest BCUT2D eigenvalue weighted by molar-refractivity contribution is 0.0619. The van der Waals surface area contributed by atoms with Crippen LogP contribution in [-0.2, 0) is 0 Å². The maximum atomic E-state index is 11.9. The van der Waals surface area contributed by atoms with Gasteiger partial charge in [-0.05, 0) is 39.0 Å². The second-order valence-electron chi connectivity index (χ2n) is 4.55. The van der Waals surface area contributed by atoms with E-state index in [1.165, 1.54) is 0 Å². The van der Waals surface area contributed by atoms with E-state index in [4.69, 9.17) is 9.47 Å². The SMILES string of the molecule is CCOc1ccc2c(c1)C(=O)CC(C)(C)O2. The molecule has 0 spiro atoms. The van der Waals surface area contributed by atoms with Crippen molar-refractivity contribution >= 4 is 5.78 Å². The number of fused-ring (bicyclic) bond motifs is 1. The van der Waals surface area contributed by atoms with Gasteiger partial charge in [0, 0.05) is 0 Å². The van der Waals surface area contributed by atoms with Crippen LogP contribution >= 0.6 is 0 Å². The predicted molar refractivity (Wildman–Crippen MR) is 61.3 cm³/mol. The van der Waals surface area contributed by atoms with Gasteiger partial charge in [0.15, 0.2) is 5.78 Å². The highest BCUT2D eigenvalue weighted by Crippen LogP contribution is 2.34. The van der Waals surface area contributed by atoms with E-state index in [2.05, 4.69) is 0 Å². The van der Waals surface area contributed by atoms with Gasteiger partial charge in [-0.2, -0.15) is 0 Å². The molecule has 2 rings (SSSR count). The van der Waals surface area contributed by atoms with E-state index in [0.717, 1.165) is 5.75 Å². The Morgan fingerprint density at radius 1 is 1.44 bits per heavy atom. The zero-order valence-electron chi connectivity index (χ0n) is 9.87. The minimum Gasteiger partial charge on any atom is -0.494 e. The molecule has 0 saturated heterocycles. The number of ether oxygens (including phenoxy) is 2. The molecule has 1 heterocycles. The summed E-state index contributed by atoms with van der Waals surface area (Å²) in [7, 11) is 0. The lowest BCUT2D eigenvalue weighted by Gasteiger charge is -2.31. The number of benzene rings is 1. The van der Waals surface area contributed by atoms with Crippen LogP contribution in [0.25, 0.3) is 0 Å². The largest absolute Gasteiger partial charge is 0.494 e. The fourth-order valence-electron chi connectivity index (χ4n) is 1.89. The lowest BCUT2D eigenvalue weighted by Crippen LogP contribution is -2.35. The van der Waals surface area contributed by atoms with Gasteiger partial charge in [0.25, 0.3) is 0 Å². The third-order valence-electron chi connectivity index (χ3n) is 2.53. The van der Waals surface area contributed by atoms with Crippen molar-refractivity contribution in [2.45, 2.75) is 32.8 Å². The highest BCUT2D eigenvalue weighted by atomic mass is 16.5. The van der Waals surface area contributed by atoms with Crippen molar-refractivity contribution in [1.29, 1.82) is 0 Å². The molecule has 0 aliphatic carbocycles. The van der Waals surface area contributed by atoms with Crippen LogP contribution in [0.3, 0.4) is 0 Å². The Kier molecular flexibility index (Phi) is 2.62. The highest BCUT2D eigenvalue weighted by Gasteiger charge is 2.32. The number of hydrogen-bond acceptors (Lipinski definition) is 3. The van der Waals surface area contributed by atoms with Gasteiger partial charge in [-0.1, -0.05) is 0 Å². The van der Waals surface area contributed by atoms with Crippen LogP contribution in [0, 0.1) is 0 Å². The van der Waals surface area contributed by atoms with E-state index >= 15 is 0 Å². The second kappa shape index (κ2) is 3.81. The normalized spacial score (nSPS) is 17.6. The average Bonchev–Trinajstić information content (AvgIpc) is 2.18. The average molecular weight is 220 g/mol. The molecule has 0 bridgehead atoms. The molecule has 0 radical (unpaired) electrons. The fourth-order valence-corrected chi connectivity index (χ4v) is 1.89. The van der Waals surface area contributed by atoms with Gasteiger partial charge in [0.05, 0.1) is 18.6 Å². The van der Waals surface area contributed by atoms with E-state index in [9.17, 15) is 4.79 Å². The molecule has 0 amide bonds. The summed E-state index contributed by atoms with van der Waals surface area (Å²) in [6, 6.07) is 5.40. The molecule has 0 atom stereocenters. The molecule has 86 valence electrons. The minimum absolute atomic E-state index is 0.118. The first-order valence-electron chi connectivity index (χ1n) is 5.51. The van der Waals surface area contributed by atoms with Crippen LogP contribution in [-0.4, -0.2) is 18.0 Å². The Balaban J connectivity index is 2.37. The van der Waals surface area contributed by atoms with Gasteiger partial charge in [0.1, 0.15) is 17.1 Å². The standard InChI is InChI=1S/C13H16O3/c1-4-15-9-5-6-12-10(7-9)11(14)8-13(2,3)16-12/h5-7H,4,8H2,1-3H3. The van der Waals surface area contributed by atoms with E-state index in [1.807, 2.05) is 26.8 Å². The molecule has 0 unspecified atom stereocenters. The zero-order valence-corrected chi connectivity index (χ0v) is 9.87. The summed E-state index contributed by atoms with van der Waals surface area (Å²) in [5, 5.41) is 0. The second-order valence-corrected chi connectivity index (χ2v) is 4.55. The van der Waals surface area contributed by atoms with Crippen LogP contribution < -0.4 is 9.47 Å². The number of carbonyl (C=O) groups is 1. The minimum atomic E-state index is -0.406.